The van der Waals surface area contributed by atoms with Crippen molar-refractivity contribution in [3.63, 3.8) is 0 Å². The number of rotatable bonds is 5. The van der Waals surface area contributed by atoms with Crippen LogP contribution in [0, 0.1) is 6.92 Å². The number of nitrogens with one attached hydrogen (secondary N) is 2. The third-order valence-corrected chi connectivity index (χ3v) is 4.02. The Kier molecular flexibility index (Phi) is 4.21. The zero-order valence-electron chi connectivity index (χ0n) is 10.1. The molecule has 0 fully saturated rings. The van der Waals surface area contributed by atoms with E-state index in [1.165, 1.54) is 22.7 Å². The van der Waals surface area contributed by atoms with Crippen molar-refractivity contribution in [1.29, 1.82) is 0 Å². The summed E-state index contributed by atoms with van der Waals surface area (Å²) in [4.78, 5) is 17.0. The molecule has 2 rings (SSSR count). The first-order valence-electron chi connectivity index (χ1n) is 5.45. The largest absolute Gasteiger partial charge is 0.360 e. The first kappa shape index (κ1) is 12.9. The van der Waals surface area contributed by atoms with E-state index >= 15 is 0 Å². The molecule has 0 aliphatic heterocycles. The molecule has 0 saturated heterocycles. The van der Waals surface area contributed by atoms with Gasteiger partial charge in [-0.25, -0.2) is 4.98 Å². The third-order valence-electron chi connectivity index (χ3n) is 2.20. The summed E-state index contributed by atoms with van der Waals surface area (Å²) in [5, 5.41) is 14.6. The van der Waals surface area contributed by atoms with Crippen molar-refractivity contribution in [1.82, 2.24) is 20.5 Å². The van der Waals surface area contributed by atoms with Crippen LogP contribution in [0.3, 0.4) is 0 Å². The van der Waals surface area contributed by atoms with Gasteiger partial charge in [0, 0.05) is 11.4 Å². The lowest BCUT2D eigenvalue weighted by molar-refractivity contribution is 0.0950. The minimum atomic E-state index is -0.204. The predicted molar refractivity (Wildman–Crippen MR) is 72.1 cm³/mol. The van der Waals surface area contributed by atoms with Crippen LogP contribution in [0.5, 0.6) is 0 Å². The standard InChI is InChI=1S/C10H13N5OS2/c1-3-11-10-15-14-9(18-10)8(16)12-4-7-6(2)13-5-17-7/h5H,3-4H2,1-2H3,(H,11,15)(H,12,16). The molecule has 0 unspecified atom stereocenters. The highest BCUT2D eigenvalue weighted by molar-refractivity contribution is 7.17. The molecule has 0 radical (unpaired) electrons. The minimum absolute atomic E-state index is 0.204. The quantitative estimate of drug-likeness (QED) is 0.872. The summed E-state index contributed by atoms with van der Waals surface area (Å²) in [6.07, 6.45) is 0. The molecule has 1 amide bonds. The summed E-state index contributed by atoms with van der Waals surface area (Å²) < 4.78 is 0. The molecular formula is C10H13N5OS2. The van der Waals surface area contributed by atoms with Crippen molar-refractivity contribution in [3.05, 3.63) is 21.1 Å². The van der Waals surface area contributed by atoms with E-state index in [-0.39, 0.29) is 5.91 Å². The second-order valence-corrected chi connectivity index (χ2v) is 5.40. The molecule has 8 heteroatoms. The van der Waals surface area contributed by atoms with E-state index in [4.69, 9.17) is 0 Å². The topological polar surface area (TPSA) is 79.8 Å². The fourth-order valence-electron chi connectivity index (χ4n) is 1.27. The molecule has 2 aromatic rings. The van der Waals surface area contributed by atoms with Crippen LogP contribution in [0.2, 0.25) is 0 Å². The summed E-state index contributed by atoms with van der Waals surface area (Å²) in [5.41, 5.74) is 2.72. The van der Waals surface area contributed by atoms with E-state index in [1.807, 2.05) is 13.8 Å². The van der Waals surface area contributed by atoms with Crippen LogP contribution in [0.4, 0.5) is 5.13 Å². The number of anilines is 1. The number of nitrogens with zero attached hydrogens (tertiary/aromatic N) is 3. The van der Waals surface area contributed by atoms with Gasteiger partial charge in [0.05, 0.1) is 17.7 Å². The summed E-state index contributed by atoms with van der Waals surface area (Å²) >= 11 is 2.78. The SMILES string of the molecule is CCNc1nnc(C(=O)NCc2scnc2C)s1. The van der Waals surface area contributed by atoms with Gasteiger partial charge < -0.3 is 10.6 Å². The minimum Gasteiger partial charge on any atom is -0.360 e. The molecule has 2 aromatic heterocycles. The molecule has 0 spiro atoms. The van der Waals surface area contributed by atoms with Crippen molar-refractivity contribution in [2.24, 2.45) is 0 Å². The summed E-state index contributed by atoms with van der Waals surface area (Å²) in [6.45, 7) is 5.13. The number of carbonyl (C=O) groups excluding carboxylic acids is 1. The van der Waals surface area contributed by atoms with Gasteiger partial charge in [-0.15, -0.1) is 21.5 Å². The fraction of sp³-hybridized carbons (Fsp3) is 0.400. The number of amides is 1. The van der Waals surface area contributed by atoms with Crippen LogP contribution < -0.4 is 10.6 Å². The Bertz CT molecular complexity index is 536. The lowest BCUT2D eigenvalue weighted by Gasteiger charge is -2.00. The molecule has 6 nitrogen and oxygen atoms in total. The third kappa shape index (κ3) is 3.02. The van der Waals surface area contributed by atoms with Gasteiger partial charge in [-0.05, 0) is 13.8 Å². The Morgan fingerprint density at radius 2 is 2.28 bits per heavy atom. The molecule has 0 saturated carbocycles. The van der Waals surface area contributed by atoms with Crippen LogP contribution in [-0.4, -0.2) is 27.6 Å². The van der Waals surface area contributed by atoms with E-state index in [1.54, 1.807) is 5.51 Å². The van der Waals surface area contributed by atoms with Crippen molar-refractivity contribution in [2.45, 2.75) is 20.4 Å². The number of hydrogen-bond acceptors (Lipinski definition) is 7. The maximum absolute atomic E-state index is 11.8. The van der Waals surface area contributed by atoms with Gasteiger partial charge >= 0.3 is 0 Å². The molecule has 0 atom stereocenters. The number of aryl methyl sites for hydroxylation is 1. The second kappa shape index (κ2) is 5.87. The van der Waals surface area contributed by atoms with Crippen LogP contribution in [-0.2, 0) is 6.54 Å². The van der Waals surface area contributed by atoms with E-state index < -0.39 is 0 Å². The average Bonchev–Trinajstić information content (AvgIpc) is 2.96. The Hall–Kier alpha value is -1.54. The van der Waals surface area contributed by atoms with Gasteiger partial charge in [0.2, 0.25) is 10.1 Å². The molecule has 96 valence electrons. The monoisotopic (exact) mass is 283 g/mol. The fourth-order valence-corrected chi connectivity index (χ4v) is 2.71. The van der Waals surface area contributed by atoms with Crippen LogP contribution >= 0.6 is 22.7 Å². The highest BCUT2D eigenvalue weighted by atomic mass is 32.1. The number of aromatic nitrogens is 3. The predicted octanol–water partition coefficient (Wildman–Crippen LogP) is 1.66. The van der Waals surface area contributed by atoms with E-state index in [9.17, 15) is 4.79 Å². The zero-order chi connectivity index (χ0) is 13.0. The molecular weight excluding hydrogens is 270 g/mol. The number of carbonyl (C=O) groups is 1. The van der Waals surface area contributed by atoms with Gasteiger partial charge in [-0.3, -0.25) is 4.79 Å². The average molecular weight is 283 g/mol. The lowest BCUT2D eigenvalue weighted by atomic mass is 10.4. The normalized spacial score (nSPS) is 10.3. The Balaban J connectivity index is 1.93. The summed E-state index contributed by atoms with van der Waals surface area (Å²) in [5.74, 6) is -0.204. The number of hydrogen-bond donors (Lipinski definition) is 2. The smallest absolute Gasteiger partial charge is 0.282 e. The molecule has 18 heavy (non-hydrogen) atoms. The Morgan fingerprint density at radius 1 is 1.44 bits per heavy atom. The Morgan fingerprint density at radius 3 is 2.94 bits per heavy atom. The summed E-state index contributed by atoms with van der Waals surface area (Å²) in [7, 11) is 0. The van der Waals surface area contributed by atoms with Gasteiger partial charge in [-0.1, -0.05) is 11.3 Å². The first-order chi connectivity index (χ1) is 8.70. The second-order valence-electron chi connectivity index (χ2n) is 3.49. The Labute approximate surface area is 112 Å². The molecule has 0 aliphatic carbocycles. The molecule has 0 bridgehead atoms. The van der Waals surface area contributed by atoms with Crippen molar-refractivity contribution in [3.8, 4) is 0 Å². The first-order valence-corrected chi connectivity index (χ1v) is 7.15. The maximum atomic E-state index is 11.8. The molecule has 2 N–H and O–H groups in total. The van der Waals surface area contributed by atoms with Crippen molar-refractivity contribution < 1.29 is 4.79 Å². The highest BCUT2D eigenvalue weighted by Crippen LogP contribution is 2.15. The highest BCUT2D eigenvalue weighted by Gasteiger charge is 2.12. The van der Waals surface area contributed by atoms with Gasteiger partial charge in [0.25, 0.3) is 5.91 Å². The van der Waals surface area contributed by atoms with Crippen LogP contribution in [0.15, 0.2) is 5.51 Å². The molecule has 0 aromatic carbocycles. The van der Waals surface area contributed by atoms with E-state index in [2.05, 4.69) is 25.8 Å². The van der Waals surface area contributed by atoms with E-state index in [0.717, 1.165) is 17.1 Å². The lowest BCUT2D eigenvalue weighted by Crippen LogP contribution is -2.22. The van der Waals surface area contributed by atoms with Crippen LogP contribution in [0.25, 0.3) is 0 Å². The van der Waals surface area contributed by atoms with Crippen LogP contribution in [0.1, 0.15) is 27.3 Å². The van der Waals surface area contributed by atoms with Crippen molar-refractivity contribution >= 4 is 33.7 Å². The summed E-state index contributed by atoms with van der Waals surface area (Å²) in [6, 6.07) is 0. The molecule has 2 heterocycles. The molecule has 0 aliphatic rings. The van der Waals surface area contributed by atoms with Gasteiger partial charge in [-0.2, -0.15) is 0 Å². The van der Waals surface area contributed by atoms with Crippen molar-refractivity contribution in [2.75, 3.05) is 11.9 Å². The maximum Gasteiger partial charge on any atom is 0.282 e. The van der Waals surface area contributed by atoms with Gasteiger partial charge in [0.1, 0.15) is 0 Å². The van der Waals surface area contributed by atoms with E-state index in [0.29, 0.717) is 16.7 Å². The zero-order valence-corrected chi connectivity index (χ0v) is 11.7. The number of thiazole rings is 1. The van der Waals surface area contributed by atoms with Gasteiger partial charge in [0.15, 0.2) is 0 Å².